The monoisotopic (exact) mass is 322 g/mol. The van der Waals surface area contributed by atoms with E-state index in [1.54, 1.807) is 36.7 Å². The number of hydrogen-bond acceptors (Lipinski definition) is 3. The zero-order valence-corrected chi connectivity index (χ0v) is 13.0. The van der Waals surface area contributed by atoms with Gasteiger partial charge in [0.1, 0.15) is 12.1 Å². The molecule has 2 N–H and O–H groups in total. The van der Waals surface area contributed by atoms with E-state index in [0.29, 0.717) is 5.69 Å². The molecule has 3 rings (SSSR count). The van der Waals surface area contributed by atoms with Crippen LogP contribution < -0.4 is 10.6 Å². The minimum atomic E-state index is -0.504. The molecule has 2 amide bonds. The molecule has 0 fully saturated rings. The molecule has 5 nitrogen and oxygen atoms in total. The Morgan fingerprint density at radius 1 is 0.958 bits per heavy atom. The van der Waals surface area contributed by atoms with Gasteiger partial charge in [-0.05, 0) is 42.3 Å². The molecule has 0 bridgehead atoms. The van der Waals surface area contributed by atoms with Gasteiger partial charge in [0.2, 0.25) is 0 Å². The van der Waals surface area contributed by atoms with Gasteiger partial charge in [0.15, 0.2) is 0 Å². The lowest BCUT2D eigenvalue weighted by atomic mass is 10.1. The van der Waals surface area contributed by atoms with Crippen molar-refractivity contribution in [3.8, 4) is 11.1 Å². The number of carbonyl (C=O) groups excluding carboxylic acids is 1. The van der Waals surface area contributed by atoms with E-state index in [4.69, 9.17) is 0 Å². The molecule has 0 aliphatic heterocycles. The maximum absolute atomic E-state index is 13.7. The average molecular weight is 322 g/mol. The van der Waals surface area contributed by atoms with Crippen molar-refractivity contribution in [3.05, 3.63) is 72.6 Å². The standard InChI is InChI=1S/C18H15FN4O/c1-12-2-7-16(19)17(8-12)23-18(24)22-15-5-3-13(4-6-15)14-9-20-11-21-10-14/h2-11H,1H3,(H2,22,23,24). The maximum Gasteiger partial charge on any atom is 0.323 e. The summed E-state index contributed by atoms with van der Waals surface area (Å²) < 4.78 is 13.7. The van der Waals surface area contributed by atoms with E-state index in [9.17, 15) is 9.18 Å². The predicted octanol–water partition coefficient (Wildman–Crippen LogP) is 4.24. The van der Waals surface area contributed by atoms with Crippen molar-refractivity contribution >= 4 is 17.4 Å². The maximum atomic E-state index is 13.7. The Morgan fingerprint density at radius 2 is 1.67 bits per heavy atom. The number of halogens is 1. The summed E-state index contributed by atoms with van der Waals surface area (Å²) in [5.41, 5.74) is 3.43. The molecule has 1 aromatic heterocycles. The van der Waals surface area contributed by atoms with Gasteiger partial charge in [0.05, 0.1) is 5.69 Å². The third-order valence-electron chi connectivity index (χ3n) is 3.41. The summed E-state index contributed by atoms with van der Waals surface area (Å²) in [6, 6.07) is 11.3. The molecule has 2 aromatic carbocycles. The van der Waals surface area contributed by atoms with Gasteiger partial charge in [0.25, 0.3) is 0 Å². The average Bonchev–Trinajstić information content (AvgIpc) is 2.59. The zero-order valence-electron chi connectivity index (χ0n) is 13.0. The van der Waals surface area contributed by atoms with Crippen molar-refractivity contribution in [2.24, 2.45) is 0 Å². The number of anilines is 2. The second-order valence-corrected chi connectivity index (χ2v) is 5.27. The molecule has 0 aliphatic carbocycles. The number of urea groups is 1. The van der Waals surface area contributed by atoms with Crippen LogP contribution in [-0.2, 0) is 0 Å². The lowest BCUT2D eigenvalue weighted by Crippen LogP contribution is -2.20. The number of amides is 2. The van der Waals surface area contributed by atoms with Crippen LogP contribution in [0.5, 0.6) is 0 Å². The summed E-state index contributed by atoms with van der Waals surface area (Å²) >= 11 is 0. The fourth-order valence-corrected chi connectivity index (χ4v) is 2.21. The Kier molecular flexibility index (Phi) is 4.47. The number of benzene rings is 2. The van der Waals surface area contributed by atoms with Gasteiger partial charge in [-0.3, -0.25) is 0 Å². The quantitative estimate of drug-likeness (QED) is 0.758. The highest BCUT2D eigenvalue weighted by Crippen LogP contribution is 2.20. The molecule has 0 saturated carbocycles. The largest absolute Gasteiger partial charge is 0.323 e. The van der Waals surface area contributed by atoms with Crippen LogP contribution in [0.25, 0.3) is 11.1 Å². The summed E-state index contributed by atoms with van der Waals surface area (Å²) in [5, 5.41) is 5.17. The fourth-order valence-electron chi connectivity index (χ4n) is 2.21. The van der Waals surface area contributed by atoms with Crippen molar-refractivity contribution < 1.29 is 9.18 Å². The number of carbonyl (C=O) groups is 1. The van der Waals surface area contributed by atoms with E-state index >= 15 is 0 Å². The lowest BCUT2D eigenvalue weighted by molar-refractivity contribution is 0.262. The number of nitrogens with zero attached hydrogens (tertiary/aromatic N) is 2. The predicted molar refractivity (Wildman–Crippen MR) is 91.2 cm³/mol. The summed E-state index contributed by atoms with van der Waals surface area (Å²) in [6.45, 7) is 1.83. The first-order valence-electron chi connectivity index (χ1n) is 7.31. The van der Waals surface area contributed by atoms with Gasteiger partial charge in [-0.25, -0.2) is 19.2 Å². The highest BCUT2D eigenvalue weighted by atomic mass is 19.1. The van der Waals surface area contributed by atoms with Crippen molar-refractivity contribution in [3.63, 3.8) is 0 Å². The molecule has 0 unspecified atom stereocenters. The van der Waals surface area contributed by atoms with E-state index in [1.807, 2.05) is 19.1 Å². The topological polar surface area (TPSA) is 66.9 Å². The molecule has 0 saturated heterocycles. The normalized spacial score (nSPS) is 10.2. The minimum Gasteiger partial charge on any atom is -0.308 e. The summed E-state index contributed by atoms with van der Waals surface area (Å²) in [7, 11) is 0. The van der Waals surface area contributed by atoms with Gasteiger partial charge in [-0.15, -0.1) is 0 Å². The van der Waals surface area contributed by atoms with E-state index in [1.165, 1.54) is 12.4 Å². The Balaban J connectivity index is 1.67. The molecule has 0 radical (unpaired) electrons. The number of nitrogens with one attached hydrogen (secondary N) is 2. The van der Waals surface area contributed by atoms with Crippen molar-refractivity contribution in [1.29, 1.82) is 0 Å². The second-order valence-electron chi connectivity index (χ2n) is 5.27. The highest BCUT2D eigenvalue weighted by molar-refractivity contribution is 6.00. The van der Waals surface area contributed by atoms with Crippen LogP contribution in [0.1, 0.15) is 5.56 Å². The van der Waals surface area contributed by atoms with E-state index in [0.717, 1.165) is 16.7 Å². The van der Waals surface area contributed by atoms with E-state index in [-0.39, 0.29) is 5.69 Å². The molecule has 1 heterocycles. The van der Waals surface area contributed by atoms with Crippen LogP contribution in [0.3, 0.4) is 0 Å². The smallest absolute Gasteiger partial charge is 0.308 e. The van der Waals surface area contributed by atoms with Gasteiger partial charge in [0, 0.05) is 23.6 Å². The van der Waals surface area contributed by atoms with Crippen LogP contribution in [-0.4, -0.2) is 16.0 Å². The first-order valence-corrected chi connectivity index (χ1v) is 7.31. The molecular formula is C18H15FN4O. The van der Waals surface area contributed by atoms with E-state index in [2.05, 4.69) is 20.6 Å². The third-order valence-corrected chi connectivity index (χ3v) is 3.41. The summed E-state index contributed by atoms with van der Waals surface area (Å²) in [6.07, 6.45) is 4.89. The van der Waals surface area contributed by atoms with Gasteiger partial charge in [-0.1, -0.05) is 18.2 Å². The second kappa shape index (κ2) is 6.87. The van der Waals surface area contributed by atoms with E-state index < -0.39 is 11.8 Å². The molecule has 3 aromatic rings. The Morgan fingerprint density at radius 3 is 2.38 bits per heavy atom. The molecular weight excluding hydrogens is 307 g/mol. The Labute approximate surface area is 138 Å². The molecule has 0 atom stereocenters. The number of aryl methyl sites for hydroxylation is 1. The first-order chi connectivity index (χ1) is 11.6. The summed E-state index contributed by atoms with van der Waals surface area (Å²) in [4.78, 5) is 19.9. The number of hydrogen-bond donors (Lipinski definition) is 2. The van der Waals surface area contributed by atoms with Gasteiger partial charge >= 0.3 is 6.03 Å². The molecule has 6 heteroatoms. The van der Waals surface area contributed by atoms with Crippen LogP contribution >= 0.6 is 0 Å². The van der Waals surface area contributed by atoms with Crippen LogP contribution in [0.15, 0.2) is 61.2 Å². The van der Waals surface area contributed by atoms with Crippen molar-refractivity contribution in [2.45, 2.75) is 6.92 Å². The van der Waals surface area contributed by atoms with Crippen LogP contribution in [0.4, 0.5) is 20.6 Å². The first kappa shape index (κ1) is 15.6. The van der Waals surface area contributed by atoms with Gasteiger partial charge in [-0.2, -0.15) is 0 Å². The molecule has 24 heavy (non-hydrogen) atoms. The molecule has 0 spiro atoms. The Bertz CT molecular complexity index is 851. The van der Waals surface area contributed by atoms with Gasteiger partial charge < -0.3 is 10.6 Å². The lowest BCUT2D eigenvalue weighted by Gasteiger charge is -2.09. The number of aromatic nitrogens is 2. The number of rotatable bonds is 3. The third kappa shape index (κ3) is 3.73. The minimum absolute atomic E-state index is 0.144. The summed E-state index contributed by atoms with van der Waals surface area (Å²) in [5.74, 6) is -0.477. The fraction of sp³-hybridized carbons (Fsp3) is 0.0556. The Hall–Kier alpha value is -3.28. The van der Waals surface area contributed by atoms with Crippen LogP contribution in [0, 0.1) is 12.7 Å². The zero-order chi connectivity index (χ0) is 16.9. The van der Waals surface area contributed by atoms with Crippen molar-refractivity contribution in [2.75, 3.05) is 10.6 Å². The highest BCUT2D eigenvalue weighted by Gasteiger charge is 2.07. The molecule has 120 valence electrons. The molecule has 0 aliphatic rings. The SMILES string of the molecule is Cc1ccc(F)c(NC(=O)Nc2ccc(-c3cncnc3)cc2)c1. The van der Waals surface area contributed by atoms with Crippen molar-refractivity contribution in [1.82, 2.24) is 9.97 Å². The van der Waals surface area contributed by atoms with Crippen LogP contribution in [0.2, 0.25) is 0 Å².